The summed E-state index contributed by atoms with van der Waals surface area (Å²) in [6, 6.07) is 12.9. The minimum atomic E-state index is -0.196. The second-order valence-electron chi connectivity index (χ2n) is 4.61. The maximum Gasteiger partial charge on any atom is 0.123 e. The lowest BCUT2D eigenvalue weighted by molar-refractivity contribution is 0.601. The van der Waals surface area contributed by atoms with Gasteiger partial charge in [-0.05, 0) is 55.4 Å². The number of halogens is 2. The zero-order valence-corrected chi connectivity index (χ0v) is 13.1. The van der Waals surface area contributed by atoms with Crippen LogP contribution in [0.2, 0.25) is 5.02 Å². The highest BCUT2D eigenvalue weighted by molar-refractivity contribution is 7.98. The standard InChI is InChI=1S/C16H17ClFNS/c1-11(19-2)15-9-14(18)7-8-16(15)20-10-12-3-5-13(17)6-4-12/h3-9,11,19H,10H2,1-2H3. The monoisotopic (exact) mass is 309 g/mol. The molecule has 4 heteroatoms. The van der Waals surface area contributed by atoms with Crippen LogP contribution in [0.1, 0.15) is 24.1 Å². The van der Waals surface area contributed by atoms with Gasteiger partial charge >= 0.3 is 0 Å². The molecule has 0 saturated carbocycles. The quantitative estimate of drug-likeness (QED) is 0.775. The average Bonchev–Trinajstić information content (AvgIpc) is 2.46. The fraction of sp³-hybridized carbons (Fsp3) is 0.250. The molecule has 0 fully saturated rings. The van der Waals surface area contributed by atoms with Crippen LogP contribution in [-0.2, 0) is 5.75 Å². The SMILES string of the molecule is CNC(C)c1cc(F)ccc1SCc1ccc(Cl)cc1. The van der Waals surface area contributed by atoms with E-state index in [1.54, 1.807) is 17.8 Å². The molecular formula is C16H17ClFNS. The van der Waals surface area contributed by atoms with Crippen molar-refractivity contribution in [3.63, 3.8) is 0 Å². The lowest BCUT2D eigenvalue weighted by atomic mass is 10.1. The lowest BCUT2D eigenvalue weighted by Gasteiger charge is -2.15. The van der Waals surface area contributed by atoms with Crippen LogP contribution >= 0.6 is 23.4 Å². The maximum atomic E-state index is 13.4. The summed E-state index contributed by atoms with van der Waals surface area (Å²) in [4.78, 5) is 1.10. The van der Waals surface area contributed by atoms with Crippen molar-refractivity contribution in [2.24, 2.45) is 0 Å². The van der Waals surface area contributed by atoms with E-state index in [9.17, 15) is 4.39 Å². The third kappa shape index (κ3) is 3.98. The highest BCUT2D eigenvalue weighted by Crippen LogP contribution is 2.30. The fourth-order valence-corrected chi connectivity index (χ4v) is 3.09. The zero-order chi connectivity index (χ0) is 14.5. The molecule has 0 aliphatic carbocycles. The average molecular weight is 310 g/mol. The number of hydrogen-bond acceptors (Lipinski definition) is 2. The molecule has 1 atom stereocenters. The third-order valence-electron chi connectivity index (χ3n) is 3.18. The van der Waals surface area contributed by atoms with E-state index in [4.69, 9.17) is 11.6 Å². The van der Waals surface area contributed by atoms with Crippen molar-refractivity contribution in [2.45, 2.75) is 23.6 Å². The van der Waals surface area contributed by atoms with E-state index in [1.807, 2.05) is 44.3 Å². The van der Waals surface area contributed by atoms with Gasteiger partial charge in [-0.1, -0.05) is 23.7 Å². The highest BCUT2D eigenvalue weighted by Gasteiger charge is 2.10. The molecule has 20 heavy (non-hydrogen) atoms. The van der Waals surface area contributed by atoms with Crippen molar-refractivity contribution in [2.75, 3.05) is 7.05 Å². The number of benzene rings is 2. The van der Waals surface area contributed by atoms with E-state index < -0.39 is 0 Å². The predicted molar refractivity (Wildman–Crippen MR) is 84.9 cm³/mol. The number of rotatable bonds is 5. The van der Waals surface area contributed by atoms with E-state index in [2.05, 4.69) is 5.32 Å². The van der Waals surface area contributed by atoms with Gasteiger partial charge in [0, 0.05) is 21.7 Å². The van der Waals surface area contributed by atoms with Crippen molar-refractivity contribution in [1.29, 1.82) is 0 Å². The van der Waals surface area contributed by atoms with Gasteiger partial charge in [0.25, 0.3) is 0 Å². The first-order chi connectivity index (χ1) is 9.60. The van der Waals surface area contributed by atoms with Gasteiger partial charge in [0.05, 0.1) is 0 Å². The Balaban J connectivity index is 2.14. The molecule has 2 rings (SSSR count). The molecule has 1 nitrogen and oxygen atoms in total. The van der Waals surface area contributed by atoms with Crippen molar-refractivity contribution in [1.82, 2.24) is 5.32 Å². The van der Waals surface area contributed by atoms with E-state index in [0.717, 1.165) is 21.2 Å². The van der Waals surface area contributed by atoms with Crippen LogP contribution in [0.4, 0.5) is 4.39 Å². The summed E-state index contributed by atoms with van der Waals surface area (Å²) in [5.74, 6) is 0.643. The molecule has 0 aliphatic rings. The molecule has 1 N–H and O–H groups in total. The molecule has 0 spiro atoms. The van der Waals surface area contributed by atoms with Crippen LogP contribution in [0, 0.1) is 5.82 Å². The van der Waals surface area contributed by atoms with Crippen molar-refractivity contribution >= 4 is 23.4 Å². The molecule has 0 bridgehead atoms. The van der Waals surface area contributed by atoms with Crippen molar-refractivity contribution < 1.29 is 4.39 Å². The number of nitrogens with one attached hydrogen (secondary N) is 1. The topological polar surface area (TPSA) is 12.0 Å². The van der Waals surface area contributed by atoms with Gasteiger partial charge in [0.1, 0.15) is 5.82 Å². The number of hydrogen-bond donors (Lipinski definition) is 1. The molecule has 0 heterocycles. The van der Waals surface area contributed by atoms with Gasteiger partial charge in [-0.25, -0.2) is 4.39 Å². The molecule has 2 aromatic rings. The van der Waals surface area contributed by atoms with Gasteiger partial charge < -0.3 is 5.32 Å². The molecule has 0 aromatic heterocycles. The van der Waals surface area contributed by atoms with Gasteiger partial charge in [-0.2, -0.15) is 0 Å². The summed E-state index contributed by atoms with van der Waals surface area (Å²) < 4.78 is 13.4. The van der Waals surface area contributed by atoms with Gasteiger partial charge in [0.15, 0.2) is 0 Å². The summed E-state index contributed by atoms with van der Waals surface area (Å²) >= 11 is 7.58. The predicted octanol–water partition coefficient (Wildman–Crippen LogP) is 5.05. The second-order valence-corrected chi connectivity index (χ2v) is 6.06. The maximum absolute atomic E-state index is 13.4. The summed E-state index contributed by atoms with van der Waals surface area (Å²) in [6.45, 7) is 2.03. The molecule has 0 amide bonds. The Labute approximate surface area is 128 Å². The third-order valence-corrected chi connectivity index (χ3v) is 4.59. The molecule has 0 saturated heterocycles. The van der Waals surface area contributed by atoms with Crippen LogP contribution in [-0.4, -0.2) is 7.05 Å². The van der Waals surface area contributed by atoms with Gasteiger partial charge in [0.2, 0.25) is 0 Å². The minimum absolute atomic E-state index is 0.124. The van der Waals surface area contributed by atoms with Crippen LogP contribution in [0.3, 0.4) is 0 Å². The van der Waals surface area contributed by atoms with E-state index in [1.165, 1.54) is 11.6 Å². The van der Waals surface area contributed by atoms with Crippen molar-refractivity contribution in [3.05, 3.63) is 64.4 Å². The zero-order valence-electron chi connectivity index (χ0n) is 11.5. The minimum Gasteiger partial charge on any atom is -0.313 e. The molecule has 2 aromatic carbocycles. The second kappa shape index (κ2) is 7.11. The molecule has 1 unspecified atom stereocenters. The Kier molecular flexibility index (Phi) is 5.46. The van der Waals surface area contributed by atoms with Crippen LogP contribution in [0.25, 0.3) is 0 Å². The largest absolute Gasteiger partial charge is 0.313 e. The number of thioether (sulfide) groups is 1. The van der Waals surface area contributed by atoms with E-state index in [-0.39, 0.29) is 11.9 Å². The van der Waals surface area contributed by atoms with Gasteiger partial charge in [-0.3, -0.25) is 0 Å². The Morgan fingerprint density at radius 1 is 1.20 bits per heavy atom. The first-order valence-corrected chi connectivity index (χ1v) is 7.80. The Morgan fingerprint density at radius 3 is 2.55 bits per heavy atom. The fourth-order valence-electron chi connectivity index (χ4n) is 1.89. The molecule has 0 radical (unpaired) electrons. The molecular weight excluding hydrogens is 293 g/mol. The van der Waals surface area contributed by atoms with Gasteiger partial charge in [-0.15, -0.1) is 11.8 Å². The summed E-state index contributed by atoms with van der Waals surface area (Å²) in [5.41, 5.74) is 2.19. The first-order valence-electron chi connectivity index (χ1n) is 6.44. The van der Waals surface area contributed by atoms with Crippen LogP contribution in [0.15, 0.2) is 47.4 Å². The molecule has 0 aliphatic heterocycles. The summed E-state index contributed by atoms with van der Waals surface area (Å²) in [5, 5.41) is 3.90. The van der Waals surface area contributed by atoms with Crippen LogP contribution in [0.5, 0.6) is 0 Å². The molecule has 106 valence electrons. The lowest BCUT2D eigenvalue weighted by Crippen LogP contribution is -2.13. The summed E-state index contributed by atoms with van der Waals surface area (Å²) in [6.07, 6.45) is 0. The first kappa shape index (κ1) is 15.4. The Hall–Kier alpha value is -1.03. The van der Waals surface area contributed by atoms with E-state index >= 15 is 0 Å². The van der Waals surface area contributed by atoms with Crippen LogP contribution < -0.4 is 5.32 Å². The Bertz CT molecular complexity index is 571. The summed E-state index contributed by atoms with van der Waals surface area (Å²) in [7, 11) is 1.88. The van der Waals surface area contributed by atoms with E-state index in [0.29, 0.717) is 0 Å². The Morgan fingerprint density at radius 2 is 1.90 bits per heavy atom. The normalized spacial score (nSPS) is 12.4. The van der Waals surface area contributed by atoms with Crippen molar-refractivity contribution in [3.8, 4) is 0 Å². The smallest absolute Gasteiger partial charge is 0.123 e. The highest BCUT2D eigenvalue weighted by atomic mass is 35.5.